The van der Waals surface area contributed by atoms with Gasteiger partial charge in [-0.2, -0.15) is 0 Å². The largest absolute Gasteiger partial charge is 0.336 e. The van der Waals surface area contributed by atoms with Gasteiger partial charge in [0.2, 0.25) is 5.91 Å². The van der Waals surface area contributed by atoms with Gasteiger partial charge in [0.1, 0.15) is 6.54 Å². The number of carbonyl (C=O) groups excluding carboxylic acids is 2. The van der Waals surface area contributed by atoms with Gasteiger partial charge in [0.25, 0.3) is 11.6 Å². The van der Waals surface area contributed by atoms with Crippen LogP contribution in [0.25, 0.3) is 0 Å². The zero-order valence-electron chi connectivity index (χ0n) is 18.5. The lowest BCUT2D eigenvalue weighted by Crippen LogP contribution is -2.45. The van der Waals surface area contributed by atoms with Crippen LogP contribution in [0.15, 0.2) is 72.8 Å². The van der Waals surface area contributed by atoms with Crippen LogP contribution < -0.4 is 0 Å². The molecule has 34 heavy (non-hydrogen) atoms. The number of benzene rings is 3. The van der Waals surface area contributed by atoms with E-state index in [0.717, 1.165) is 23.6 Å². The van der Waals surface area contributed by atoms with E-state index in [-0.39, 0.29) is 28.7 Å². The maximum absolute atomic E-state index is 13.4. The summed E-state index contributed by atoms with van der Waals surface area (Å²) in [6.07, 6.45) is 1.33. The number of carbonyl (C=O) groups is 2. The molecule has 2 amide bonds. The van der Waals surface area contributed by atoms with E-state index < -0.39 is 10.8 Å². The van der Waals surface area contributed by atoms with Crippen LogP contribution in [0.1, 0.15) is 27.0 Å². The van der Waals surface area contributed by atoms with Gasteiger partial charge >= 0.3 is 0 Å². The SMILES string of the molecule is O=C(CN(CCc1ccccc1)C(=O)c1ccc([N+](=O)[O-])cc1Cl)N1CCc2ccccc2C1. The second kappa shape index (κ2) is 10.5. The van der Waals surface area contributed by atoms with Gasteiger partial charge in [0.15, 0.2) is 0 Å². The molecule has 3 aromatic carbocycles. The zero-order chi connectivity index (χ0) is 24.1. The van der Waals surface area contributed by atoms with E-state index in [9.17, 15) is 19.7 Å². The Morgan fingerprint density at radius 3 is 2.41 bits per heavy atom. The maximum atomic E-state index is 13.4. The number of hydrogen-bond acceptors (Lipinski definition) is 4. The number of halogens is 1. The highest BCUT2D eigenvalue weighted by atomic mass is 35.5. The van der Waals surface area contributed by atoms with Crippen LogP contribution in [0, 0.1) is 10.1 Å². The molecule has 0 aromatic heterocycles. The lowest BCUT2D eigenvalue weighted by Gasteiger charge is -2.31. The number of nitro benzene ring substituents is 1. The Morgan fingerprint density at radius 2 is 1.71 bits per heavy atom. The van der Waals surface area contributed by atoms with E-state index in [1.54, 1.807) is 4.90 Å². The molecule has 0 radical (unpaired) electrons. The number of nitrogens with zero attached hydrogens (tertiary/aromatic N) is 3. The van der Waals surface area contributed by atoms with Gasteiger partial charge < -0.3 is 9.80 Å². The Labute approximate surface area is 202 Å². The predicted octanol–water partition coefficient (Wildman–Crippen LogP) is 4.52. The van der Waals surface area contributed by atoms with Crippen molar-refractivity contribution in [2.24, 2.45) is 0 Å². The van der Waals surface area contributed by atoms with Crippen molar-refractivity contribution in [1.82, 2.24) is 9.80 Å². The summed E-state index contributed by atoms with van der Waals surface area (Å²) in [6.45, 7) is 1.32. The summed E-state index contributed by atoms with van der Waals surface area (Å²) in [7, 11) is 0. The molecule has 0 aliphatic carbocycles. The monoisotopic (exact) mass is 477 g/mol. The number of hydrogen-bond donors (Lipinski definition) is 0. The molecule has 0 fully saturated rings. The van der Waals surface area contributed by atoms with Crippen LogP contribution in [0.4, 0.5) is 5.69 Å². The summed E-state index contributed by atoms with van der Waals surface area (Å²) in [6, 6.07) is 21.5. The second-order valence-electron chi connectivity index (χ2n) is 8.22. The number of amides is 2. The number of fused-ring (bicyclic) bond motifs is 1. The Balaban J connectivity index is 1.53. The second-order valence-corrected chi connectivity index (χ2v) is 8.62. The van der Waals surface area contributed by atoms with Crippen LogP contribution in [-0.4, -0.2) is 46.2 Å². The quantitative estimate of drug-likeness (QED) is 0.370. The van der Waals surface area contributed by atoms with E-state index in [0.29, 0.717) is 26.1 Å². The normalized spacial score (nSPS) is 12.7. The average molecular weight is 478 g/mol. The first-order chi connectivity index (χ1) is 16.4. The van der Waals surface area contributed by atoms with E-state index >= 15 is 0 Å². The first-order valence-corrected chi connectivity index (χ1v) is 11.4. The number of rotatable bonds is 7. The fourth-order valence-electron chi connectivity index (χ4n) is 4.09. The highest BCUT2D eigenvalue weighted by Crippen LogP contribution is 2.24. The fourth-order valence-corrected chi connectivity index (χ4v) is 4.35. The average Bonchev–Trinajstić information content (AvgIpc) is 2.86. The molecule has 174 valence electrons. The molecule has 4 rings (SSSR count). The van der Waals surface area contributed by atoms with Crippen molar-refractivity contribution < 1.29 is 14.5 Å². The Bertz CT molecular complexity index is 1220. The highest BCUT2D eigenvalue weighted by Gasteiger charge is 2.26. The fraction of sp³-hybridized carbons (Fsp3) is 0.231. The van der Waals surface area contributed by atoms with Gasteiger partial charge in [-0.05, 0) is 35.6 Å². The van der Waals surface area contributed by atoms with Crippen molar-refractivity contribution in [3.05, 3.63) is 110 Å². The Morgan fingerprint density at radius 1 is 1.00 bits per heavy atom. The molecule has 0 saturated carbocycles. The van der Waals surface area contributed by atoms with Crippen molar-refractivity contribution in [3.63, 3.8) is 0 Å². The standard InChI is InChI=1S/C26H24ClN3O4/c27-24-16-22(30(33)34)10-11-23(24)26(32)29(14-12-19-6-2-1-3-7-19)18-25(31)28-15-13-20-8-4-5-9-21(20)17-28/h1-11,16H,12-15,17-18H2. The van der Waals surface area contributed by atoms with Gasteiger partial charge in [0.05, 0.1) is 15.5 Å². The summed E-state index contributed by atoms with van der Waals surface area (Å²) in [5, 5.41) is 11.0. The third-order valence-corrected chi connectivity index (χ3v) is 6.32. The van der Waals surface area contributed by atoms with Crippen molar-refractivity contribution in [2.75, 3.05) is 19.6 Å². The van der Waals surface area contributed by atoms with Crippen LogP contribution in [0.2, 0.25) is 5.02 Å². The molecule has 1 aliphatic heterocycles. The van der Waals surface area contributed by atoms with Crippen LogP contribution in [0.5, 0.6) is 0 Å². The molecule has 0 N–H and O–H groups in total. The van der Waals surface area contributed by atoms with Gasteiger partial charge in [0, 0.05) is 31.8 Å². The third kappa shape index (κ3) is 5.43. The summed E-state index contributed by atoms with van der Waals surface area (Å²) in [4.78, 5) is 40.3. The molecule has 0 bridgehead atoms. The lowest BCUT2D eigenvalue weighted by molar-refractivity contribution is -0.384. The van der Waals surface area contributed by atoms with E-state index in [4.69, 9.17) is 11.6 Å². The van der Waals surface area contributed by atoms with Crippen molar-refractivity contribution in [1.29, 1.82) is 0 Å². The first kappa shape index (κ1) is 23.4. The van der Waals surface area contributed by atoms with E-state index in [1.165, 1.54) is 22.6 Å². The number of non-ortho nitro benzene ring substituents is 1. The van der Waals surface area contributed by atoms with Gasteiger partial charge in [-0.3, -0.25) is 19.7 Å². The molecule has 0 atom stereocenters. The molecule has 7 nitrogen and oxygen atoms in total. The maximum Gasteiger partial charge on any atom is 0.270 e. The minimum absolute atomic E-state index is 0.0109. The van der Waals surface area contributed by atoms with Crippen molar-refractivity contribution in [3.8, 4) is 0 Å². The molecule has 0 spiro atoms. The molecular formula is C26H24ClN3O4. The van der Waals surface area contributed by atoms with Gasteiger partial charge in [-0.1, -0.05) is 66.2 Å². The highest BCUT2D eigenvalue weighted by molar-refractivity contribution is 6.34. The Hall–Kier alpha value is -3.71. The zero-order valence-corrected chi connectivity index (χ0v) is 19.3. The minimum atomic E-state index is -0.564. The molecule has 0 unspecified atom stereocenters. The summed E-state index contributed by atoms with van der Waals surface area (Å²) in [5.41, 5.74) is 3.33. The van der Waals surface area contributed by atoms with Crippen LogP contribution >= 0.6 is 11.6 Å². The molecule has 1 heterocycles. The molecule has 3 aromatic rings. The third-order valence-electron chi connectivity index (χ3n) is 6.00. The minimum Gasteiger partial charge on any atom is -0.336 e. The van der Waals surface area contributed by atoms with Gasteiger partial charge in [-0.25, -0.2) is 0 Å². The molecule has 0 saturated heterocycles. The summed E-state index contributed by atoms with van der Waals surface area (Å²) >= 11 is 6.22. The smallest absolute Gasteiger partial charge is 0.270 e. The Kier molecular flexibility index (Phi) is 7.23. The van der Waals surface area contributed by atoms with E-state index in [2.05, 4.69) is 6.07 Å². The topological polar surface area (TPSA) is 83.8 Å². The van der Waals surface area contributed by atoms with Gasteiger partial charge in [-0.15, -0.1) is 0 Å². The predicted molar refractivity (Wildman–Crippen MR) is 130 cm³/mol. The van der Waals surface area contributed by atoms with Crippen LogP contribution in [0.3, 0.4) is 0 Å². The van der Waals surface area contributed by atoms with Crippen molar-refractivity contribution in [2.45, 2.75) is 19.4 Å². The lowest BCUT2D eigenvalue weighted by atomic mass is 10.00. The molecule has 8 heteroatoms. The van der Waals surface area contributed by atoms with Crippen LogP contribution in [-0.2, 0) is 24.2 Å². The summed E-state index contributed by atoms with van der Waals surface area (Å²) < 4.78 is 0. The van der Waals surface area contributed by atoms with E-state index in [1.807, 2.05) is 48.5 Å². The first-order valence-electron chi connectivity index (χ1n) is 11.0. The molecule has 1 aliphatic rings. The van der Waals surface area contributed by atoms with Crippen molar-refractivity contribution >= 4 is 29.1 Å². The summed E-state index contributed by atoms with van der Waals surface area (Å²) in [5.74, 6) is -0.574. The molecular weight excluding hydrogens is 454 g/mol. The number of nitro groups is 1.